The Hall–Kier alpha value is -2.04. The zero-order chi connectivity index (χ0) is 13.0. The maximum atomic E-state index is 11.5. The SMILES string of the molecule is CO/N=C(/C(=O)OC)c1cc(C)c(C)cc1O. The van der Waals surface area contributed by atoms with E-state index in [4.69, 9.17) is 0 Å². The Kier molecular flexibility index (Phi) is 4.09. The van der Waals surface area contributed by atoms with E-state index in [2.05, 4.69) is 14.7 Å². The summed E-state index contributed by atoms with van der Waals surface area (Å²) in [6.07, 6.45) is 0. The zero-order valence-corrected chi connectivity index (χ0v) is 10.3. The van der Waals surface area contributed by atoms with Crippen LogP contribution in [0, 0.1) is 13.8 Å². The van der Waals surface area contributed by atoms with Crippen LogP contribution in [-0.2, 0) is 14.4 Å². The third kappa shape index (κ3) is 2.75. The minimum atomic E-state index is -0.662. The standard InChI is InChI=1S/C12H15NO4/c1-7-5-9(10(14)6-8(7)2)11(13-17-4)12(15)16-3/h5-6,14H,1-4H3/b13-11+. The molecule has 0 aliphatic carbocycles. The molecule has 0 radical (unpaired) electrons. The fourth-order valence-electron chi connectivity index (χ4n) is 1.37. The van der Waals surface area contributed by atoms with Crippen molar-refractivity contribution in [1.82, 2.24) is 0 Å². The molecule has 0 atom stereocenters. The third-order valence-electron chi connectivity index (χ3n) is 2.43. The molecule has 0 heterocycles. The first-order valence-corrected chi connectivity index (χ1v) is 5.01. The molecule has 0 amide bonds. The molecule has 0 aliphatic heterocycles. The second-order valence-electron chi connectivity index (χ2n) is 3.57. The van der Waals surface area contributed by atoms with Crippen molar-refractivity contribution in [3.8, 4) is 5.75 Å². The van der Waals surface area contributed by atoms with Gasteiger partial charge in [-0.05, 0) is 37.1 Å². The van der Waals surface area contributed by atoms with Crippen molar-refractivity contribution in [3.63, 3.8) is 0 Å². The van der Waals surface area contributed by atoms with Crippen LogP contribution in [0.25, 0.3) is 0 Å². The van der Waals surface area contributed by atoms with E-state index in [9.17, 15) is 9.90 Å². The van der Waals surface area contributed by atoms with Gasteiger partial charge in [-0.3, -0.25) is 0 Å². The van der Waals surface area contributed by atoms with Gasteiger partial charge in [0.1, 0.15) is 12.9 Å². The van der Waals surface area contributed by atoms with E-state index in [0.29, 0.717) is 5.56 Å². The predicted octanol–water partition coefficient (Wildman–Crippen LogP) is 1.53. The van der Waals surface area contributed by atoms with Crippen LogP contribution in [0.1, 0.15) is 16.7 Å². The van der Waals surface area contributed by atoms with Gasteiger partial charge in [-0.2, -0.15) is 0 Å². The lowest BCUT2D eigenvalue weighted by atomic mass is 10.0. The van der Waals surface area contributed by atoms with Gasteiger partial charge < -0.3 is 14.7 Å². The average molecular weight is 237 g/mol. The molecule has 5 nitrogen and oxygen atoms in total. The molecule has 1 N–H and O–H groups in total. The number of carbonyl (C=O) groups is 1. The first-order valence-electron chi connectivity index (χ1n) is 5.01. The van der Waals surface area contributed by atoms with Crippen LogP contribution in [0.4, 0.5) is 0 Å². The molecular formula is C12H15NO4. The summed E-state index contributed by atoms with van der Waals surface area (Å²) in [5.41, 5.74) is 2.09. The number of benzene rings is 1. The molecule has 92 valence electrons. The number of hydrogen-bond acceptors (Lipinski definition) is 5. The summed E-state index contributed by atoms with van der Waals surface area (Å²) >= 11 is 0. The van der Waals surface area contributed by atoms with E-state index < -0.39 is 5.97 Å². The van der Waals surface area contributed by atoms with Crippen LogP contribution in [0.2, 0.25) is 0 Å². The zero-order valence-electron chi connectivity index (χ0n) is 10.3. The van der Waals surface area contributed by atoms with E-state index in [1.807, 2.05) is 13.8 Å². The van der Waals surface area contributed by atoms with Crippen molar-refractivity contribution in [2.45, 2.75) is 13.8 Å². The quantitative estimate of drug-likeness (QED) is 0.492. The normalized spacial score (nSPS) is 11.2. The Labute approximate surface area is 99.7 Å². The number of nitrogens with zero attached hydrogens (tertiary/aromatic N) is 1. The summed E-state index contributed by atoms with van der Waals surface area (Å²) in [6.45, 7) is 3.74. The van der Waals surface area contributed by atoms with Gasteiger partial charge in [-0.25, -0.2) is 4.79 Å². The Morgan fingerprint density at radius 2 is 1.82 bits per heavy atom. The fraction of sp³-hybridized carbons (Fsp3) is 0.333. The summed E-state index contributed by atoms with van der Waals surface area (Å²) in [7, 11) is 2.56. The molecule has 0 spiro atoms. The van der Waals surface area contributed by atoms with Gasteiger partial charge in [0.05, 0.1) is 12.7 Å². The number of rotatable bonds is 3. The third-order valence-corrected chi connectivity index (χ3v) is 2.43. The Bertz CT molecular complexity index is 466. The van der Waals surface area contributed by atoms with Gasteiger partial charge >= 0.3 is 5.97 Å². The number of esters is 1. The summed E-state index contributed by atoms with van der Waals surface area (Å²) in [6, 6.07) is 3.23. The predicted molar refractivity (Wildman–Crippen MR) is 63.1 cm³/mol. The van der Waals surface area contributed by atoms with Crippen molar-refractivity contribution in [3.05, 3.63) is 28.8 Å². The molecule has 0 unspecified atom stereocenters. The van der Waals surface area contributed by atoms with Crippen molar-refractivity contribution in [2.24, 2.45) is 5.16 Å². The number of ether oxygens (including phenoxy) is 1. The summed E-state index contributed by atoms with van der Waals surface area (Å²) in [4.78, 5) is 16.1. The van der Waals surface area contributed by atoms with Gasteiger partial charge in [0.25, 0.3) is 0 Å². The lowest BCUT2D eigenvalue weighted by molar-refractivity contribution is -0.132. The van der Waals surface area contributed by atoms with Crippen LogP contribution >= 0.6 is 0 Å². The Morgan fingerprint density at radius 3 is 2.35 bits per heavy atom. The topological polar surface area (TPSA) is 68.1 Å². The molecule has 5 heteroatoms. The van der Waals surface area contributed by atoms with Crippen molar-refractivity contribution in [1.29, 1.82) is 0 Å². The molecule has 1 rings (SSSR count). The first kappa shape index (κ1) is 13.0. The average Bonchev–Trinajstić information content (AvgIpc) is 2.30. The van der Waals surface area contributed by atoms with E-state index in [0.717, 1.165) is 11.1 Å². The lowest BCUT2D eigenvalue weighted by Gasteiger charge is -2.09. The summed E-state index contributed by atoms with van der Waals surface area (Å²) in [5, 5.41) is 13.4. The van der Waals surface area contributed by atoms with E-state index >= 15 is 0 Å². The lowest BCUT2D eigenvalue weighted by Crippen LogP contribution is -2.18. The molecule has 0 aliphatic rings. The highest BCUT2D eigenvalue weighted by atomic mass is 16.6. The van der Waals surface area contributed by atoms with E-state index in [-0.39, 0.29) is 11.5 Å². The molecular weight excluding hydrogens is 222 g/mol. The van der Waals surface area contributed by atoms with E-state index in [1.165, 1.54) is 14.2 Å². The summed E-state index contributed by atoms with van der Waals surface area (Å²) in [5.74, 6) is -0.695. The van der Waals surface area contributed by atoms with Crippen molar-refractivity contribution in [2.75, 3.05) is 14.2 Å². The van der Waals surface area contributed by atoms with Gasteiger partial charge in [-0.1, -0.05) is 5.16 Å². The monoisotopic (exact) mass is 237 g/mol. The molecule has 0 saturated carbocycles. The highest BCUT2D eigenvalue weighted by Gasteiger charge is 2.20. The van der Waals surface area contributed by atoms with Crippen LogP contribution in [0.15, 0.2) is 17.3 Å². The smallest absolute Gasteiger partial charge is 0.360 e. The largest absolute Gasteiger partial charge is 0.507 e. The van der Waals surface area contributed by atoms with E-state index in [1.54, 1.807) is 12.1 Å². The number of aromatic hydroxyl groups is 1. The highest BCUT2D eigenvalue weighted by Crippen LogP contribution is 2.23. The Morgan fingerprint density at radius 1 is 1.24 bits per heavy atom. The number of carbonyl (C=O) groups excluding carboxylic acids is 1. The fourth-order valence-corrected chi connectivity index (χ4v) is 1.37. The minimum Gasteiger partial charge on any atom is -0.507 e. The minimum absolute atomic E-state index is 0.0331. The van der Waals surface area contributed by atoms with Crippen LogP contribution in [-0.4, -0.2) is 31.0 Å². The number of methoxy groups -OCH3 is 1. The number of phenolic OH excluding ortho intramolecular Hbond substituents is 1. The van der Waals surface area contributed by atoms with Gasteiger partial charge in [0.15, 0.2) is 5.71 Å². The highest BCUT2D eigenvalue weighted by molar-refractivity contribution is 6.43. The maximum absolute atomic E-state index is 11.5. The maximum Gasteiger partial charge on any atom is 0.360 e. The number of oxime groups is 1. The second-order valence-corrected chi connectivity index (χ2v) is 3.57. The molecule has 17 heavy (non-hydrogen) atoms. The molecule has 0 saturated heterocycles. The number of aryl methyl sites for hydroxylation is 2. The molecule has 0 fully saturated rings. The number of phenols is 1. The molecule has 1 aromatic rings. The summed E-state index contributed by atoms with van der Waals surface area (Å²) < 4.78 is 4.58. The van der Waals surface area contributed by atoms with Crippen LogP contribution in [0.3, 0.4) is 0 Å². The van der Waals surface area contributed by atoms with Crippen molar-refractivity contribution < 1.29 is 19.5 Å². The molecule has 1 aromatic carbocycles. The second kappa shape index (κ2) is 5.34. The van der Waals surface area contributed by atoms with Gasteiger partial charge in [-0.15, -0.1) is 0 Å². The number of hydrogen-bond donors (Lipinski definition) is 1. The molecule has 0 aromatic heterocycles. The first-order chi connectivity index (χ1) is 8.01. The Balaban J connectivity index is 3.34. The van der Waals surface area contributed by atoms with Crippen LogP contribution in [0.5, 0.6) is 5.75 Å². The van der Waals surface area contributed by atoms with Gasteiger partial charge in [0, 0.05) is 0 Å². The van der Waals surface area contributed by atoms with Gasteiger partial charge in [0.2, 0.25) is 0 Å². The molecule has 0 bridgehead atoms. The van der Waals surface area contributed by atoms with Crippen molar-refractivity contribution >= 4 is 11.7 Å². The van der Waals surface area contributed by atoms with Crippen LogP contribution < -0.4 is 0 Å².